The van der Waals surface area contributed by atoms with Gasteiger partial charge in [0.05, 0.1) is 25.4 Å². The summed E-state index contributed by atoms with van der Waals surface area (Å²) in [5.74, 6) is 0. The van der Waals surface area contributed by atoms with Gasteiger partial charge in [-0.2, -0.15) is 0 Å². The number of nitro benzene ring substituents is 1. The van der Waals surface area contributed by atoms with E-state index in [-0.39, 0.29) is 11.3 Å². The first-order valence-corrected chi connectivity index (χ1v) is 6.68. The summed E-state index contributed by atoms with van der Waals surface area (Å²) in [6.45, 7) is 0. The van der Waals surface area contributed by atoms with Gasteiger partial charge in [-0.15, -0.1) is 0 Å². The van der Waals surface area contributed by atoms with Crippen LogP contribution in [0.2, 0.25) is 0 Å². The van der Waals surface area contributed by atoms with E-state index in [0.29, 0.717) is 0 Å². The number of hydrogen-bond donors (Lipinski definition) is 0. The Hall–Kier alpha value is -0.950. The number of halogens is 1. The zero-order chi connectivity index (χ0) is 12.6. The van der Waals surface area contributed by atoms with Crippen LogP contribution in [0.15, 0.2) is 24.3 Å². The number of nitrogens with zero attached hydrogens (tertiary/aromatic N) is 1. The number of hydrogen-bond acceptors (Lipinski definition) is 4. The van der Waals surface area contributed by atoms with Gasteiger partial charge >= 0.3 is 0 Å². The molecule has 0 aromatic heterocycles. The maximum absolute atomic E-state index is 11.1. The van der Waals surface area contributed by atoms with E-state index < -0.39 is 18.9 Å². The van der Waals surface area contributed by atoms with Crippen LogP contribution in [0.25, 0.3) is 0 Å². The predicted octanol–water partition coefficient (Wildman–Crippen LogP) is 1.82. The number of benzene rings is 1. The van der Waals surface area contributed by atoms with Crippen LogP contribution < -0.4 is 0 Å². The van der Waals surface area contributed by atoms with Gasteiger partial charge in [0.25, 0.3) is 5.69 Å². The predicted molar refractivity (Wildman–Crippen MR) is 54.6 cm³/mol. The monoisotopic (exact) mass is 281 g/mol. The lowest BCUT2D eigenvalue weighted by molar-refractivity contribution is -0.384. The first kappa shape index (κ1) is 8.37. The van der Waals surface area contributed by atoms with Crippen molar-refractivity contribution in [1.82, 2.24) is 0 Å². The van der Waals surface area contributed by atoms with E-state index in [0.717, 1.165) is 24.3 Å². The molecule has 0 amide bonds. The van der Waals surface area contributed by atoms with Gasteiger partial charge in [0.2, 0.25) is 8.27 Å². The summed E-state index contributed by atoms with van der Waals surface area (Å²) in [6, 6.07) is 4.23. The molecule has 0 saturated carbocycles. The van der Waals surface area contributed by atoms with Crippen LogP contribution in [0.1, 0.15) is 8.30 Å². The highest BCUT2D eigenvalue weighted by Crippen LogP contribution is 2.15. The minimum Gasteiger partial charge on any atom is -0.258 e. The van der Waals surface area contributed by atoms with Gasteiger partial charge in [-0.3, -0.25) is 10.1 Å². The van der Waals surface area contributed by atoms with Gasteiger partial charge in [-0.1, -0.05) is 12.1 Å². The molecule has 0 aliphatic carbocycles. The molecule has 0 heterocycles. The molecule has 0 saturated heterocycles. The molecule has 76 valence electrons. The summed E-state index contributed by atoms with van der Waals surface area (Å²) < 4.78 is 36.9. The minimum absolute atomic E-state index is 0.171. The molecule has 0 unspecified atom stereocenters. The van der Waals surface area contributed by atoms with Crippen molar-refractivity contribution in [2.24, 2.45) is 0 Å². The van der Waals surface area contributed by atoms with E-state index in [2.05, 4.69) is 14.8 Å². The second-order valence-electron chi connectivity index (χ2n) is 2.34. The Kier molecular flexibility index (Phi) is 2.42. The molecule has 0 aliphatic rings. The van der Waals surface area contributed by atoms with E-state index in [9.17, 15) is 18.5 Å². The molecule has 0 N–H and O–H groups in total. The van der Waals surface area contributed by atoms with E-state index in [1.807, 2.05) is 0 Å². The molecule has 5 nitrogen and oxygen atoms in total. The van der Waals surface area contributed by atoms with Crippen LogP contribution in [-0.4, -0.2) is 13.3 Å². The zero-order valence-corrected chi connectivity index (χ0v) is 9.08. The van der Waals surface area contributed by atoms with Crippen LogP contribution in [-0.2, 0) is 14.0 Å². The summed E-state index contributed by atoms with van der Waals surface area (Å²) in [5, 5.41) is 10.3. The van der Waals surface area contributed by atoms with E-state index >= 15 is 0 Å². The highest BCUT2D eigenvalue weighted by Gasteiger charge is 2.08. The van der Waals surface area contributed by atoms with Crippen molar-refractivity contribution in [2.45, 2.75) is 5.70 Å². The van der Waals surface area contributed by atoms with Gasteiger partial charge in [-0.25, -0.2) is 8.42 Å². The topological polar surface area (TPSA) is 77.3 Å². The van der Waals surface area contributed by atoms with E-state index in [1.54, 1.807) is 0 Å². The summed E-state index contributed by atoms with van der Waals surface area (Å²) in [6.07, 6.45) is 0. The Morgan fingerprint density at radius 3 is 2.29 bits per heavy atom. The van der Waals surface area contributed by atoms with E-state index in [1.165, 1.54) is 0 Å². The summed E-state index contributed by atoms with van der Waals surface area (Å²) in [7, 11) is -4.11. The maximum Gasteiger partial charge on any atom is 0.269 e. The standard InChI is InChI=1S/C7H6BrNO4S/c8-14(12,13)5-6-1-3-7(4-2-6)9(10)11/h1-4H,5H2/i5D2. The fourth-order valence-corrected chi connectivity index (χ4v) is 1.77. The van der Waals surface area contributed by atoms with Crippen molar-refractivity contribution < 1.29 is 16.1 Å². The van der Waals surface area contributed by atoms with Gasteiger partial charge < -0.3 is 0 Å². The summed E-state index contributed by atoms with van der Waals surface area (Å²) in [5.41, 5.74) is -3.02. The molecule has 7 heteroatoms. The normalized spacial score (nSPS) is 14.4. The zero-order valence-electron chi connectivity index (χ0n) is 8.68. The molecule has 1 aromatic rings. The van der Waals surface area contributed by atoms with Gasteiger partial charge in [0, 0.05) is 14.9 Å². The van der Waals surface area contributed by atoms with Crippen molar-refractivity contribution in [2.75, 3.05) is 0 Å². The number of nitro groups is 1. The molecule has 0 bridgehead atoms. The average Bonchev–Trinajstić information content (AvgIpc) is 2.16. The molecule has 14 heavy (non-hydrogen) atoms. The van der Waals surface area contributed by atoms with Crippen molar-refractivity contribution in [1.29, 1.82) is 0 Å². The number of non-ortho nitro benzene ring substituents is 1. The molecule has 0 aliphatic heterocycles. The van der Waals surface area contributed by atoms with Gasteiger partial charge in [0.15, 0.2) is 0 Å². The quantitative estimate of drug-likeness (QED) is 0.481. The van der Waals surface area contributed by atoms with Crippen molar-refractivity contribution in [3.05, 3.63) is 39.9 Å². The van der Waals surface area contributed by atoms with Crippen LogP contribution >= 0.6 is 14.8 Å². The SMILES string of the molecule is [2H]C([2H])(c1ccc([N+](=O)[O-])cc1)S(=O)(=O)Br. The fraction of sp³-hybridized carbons (Fsp3) is 0.143. The lowest BCUT2D eigenvalue weighted by Gasteiger charge is -1.96. The first-order valence-electron chi connectivity index (χ1n) is 4.35. The summed E-state index contributed by atoms with van der Waals surface area (Å²) >= 11 is 2.25. The Bertz CT molecular complexity index is 514. The van der Waals surface area contributed by atoms with Crippen LogP contribution in [0, 0.1) is 10.1 Å². The third-order valence-electron chi connectivity index (χ3n) is 1.32. The highest BCUT2D eigenvalue weighted by atomic mass is 79.9. The molecule has 0 spiro atoms. The first-order chi connectivity index (χ1) is 7.16. The smallest absolute Gasteiger partial charge is 0.258 e. The Morgan fingerprint density at radius 1 is 1.43 bits per heavy atom. The van der Waals surface area contributed by atoms with Crippen molar-refractivity contribution in [3.63, 3.8) is 0 Å². The molecule has 0 atom stereocenters. The molecule has 1 aromatic carbocycles. The number of rotatable bonds is 3. The average molecular weight is 282 g/mol. The van der Waals surface area contributed by atoms with E-state index in [4.69, 9.17) is 2.74 Å². The van der Waals surface area contributed by atoms with Crippen molar-refractivity contribution >= 4 is 28.8 Å². The molecule has 1 rings (SSSR count). The fourth-order valence-electron chi connectivity index (χ4n) is 0.792. The summed E-state index contributed by atoms with van der Waals surface area (Å²) in [4.78, 5) is 9.69. The largest absolute Gasteiger partial charge is 0.269 e. The highest BCUT2D eigenvalue weighted by molar-refractivity contribution is 9.47. The lowest BCUT2D eigenvalue weighted by atomic mass is 10.2. The van der Waals surface area contributed by atoms with Gasteiger partial charge in [-0.05, 0) is 5.56 Å². The lowest BCUT2D eigenvalue weighted by Crippen LogP contribution is -1.94. The molecule has 0 radical (unpaired) electrons. The Balaban J connectivity index is 3.22. The van der Waals surface area contributed by atoms with Crippen LogP contribution in [0.5, 0.6) is 0 Å². The Morgan fingerprint density at radius 2 is 1.93 bits per heavy atom. The molecular formula is C7H6BrNO4S. The van der Waals surface area contributed by atoms with Crippen LogP contribution in [0.4, 0.5) is 5.69 Å². The molecular weight excluding hydrogens is 274 g/mol. The third kappa shape index (κ3) is 3.43. The second kappa shape index (κ2) is 4.05. The van der Waals surface area contributed by atoms with Crippen LogP contribution in [0.3, 0.4) is 0 Å². The minimum atomic E-state index is -4.11. The van der Waals surface area contributed by atoms with Gasteiger partial charge in [0.1, 0.15) is 0 Å². The second-order valence-corrected chi connectivity index (χ2v) is 5.98. The maximum atomic E-state index is 11.1. The molecule has 0 fully saturated rings. The Labute approximate surface area is 90.8 Å². The van der Waals surface area contributed by atoms with Crippen molar-refractivity contribution in [3.8, 4) is 0 Å². The third-order valence-corrected chi connectivity index (χ3v) is 2.28.